The van der Waals surface area contributed by atoms with E-state index in [1.165, 1.54) is 11.1 Å². The third-order valence-corrected chi connectivity index (χ3v) is 3.36. The molecule has 18 heavy (non-hydrogen) atoms. The predicted octanol–water partition coefficient (Wildman–Crippen LogP) is 4.11. The topological polar surface area (TPSA) is 34.1 Å². The van der Waals surface area contributed by atoms with Crippen molar-refractivity contribution in [2.24, 2.45) is 11.8 Å². The summed E-state index contributed by atoms with van der Waals surface area (Å²) in [6.07, 6.45) is 9.61. The van der Waals surface area contributed by atoms with Gasteiger partial charge in [0.2, 0.25) is 0 Å². The molecule has 0 N–H and O–H groups in total. The molecule has 0 rings (SSSR count). The van der Waals surface area contributed by atoms with E-state index in [4.69, 9.17) is 0 Å². The number of hydrogen-bond donors (Lipinski definition) is 0. The summed E-state index contributed by atoms with van der Waals surface area (Å²) in [5.41, 5.74) is 2.71. The molecule has 0 radical (unpaired) electrons. The summed E-state index contributed by atoms with van der Waals surface area (Å²) in [6.45, 7) is 8.40. The quantitative estimate of drug-likeness (QED) is 0.456. The van der Waals surface area contributed by atoms with Gasteiger partial charge in [-0.3, -0.25) is 0 Å². The Hall–Kier alpha value is -1.18. The molecular formula is C16H26O2. The molecule has 0 aromatic heterocycles. The lowest BCUT2D eigenvalue weighted by Gasteiger charge is -2.13. The van der Waals surface area contributed by atoms with E-state index >= 15 is 0 Å². The van der Waals surface area contributed by atoms with E-state index in [1.54, 1.807) is 0 Å². The fourth-order valence-corrected chi connectivity index (χ4v) is 1.85. The molecule has 102 valence electrons. The summed E-state index contributed by atoms with van der Waals surface area (Å²) >= 11 is 0. The molecule has 0 aromatic rings. The summed E-state index contributed by atoms with van der Waals surface area (Å²) in [7, 11) is 0. The Balaban J connectivity index is 4.30. The Kier molecular flexibility index (Phi) is 9.17. The number of allylic oxidation sites excluding steroid dienone is 4. The van der Waals surface area contributed by atoms with Gasteiger partial charge in [-0.2, -0.15) is 0 Å². The number of rotatable bonds is 9. The van der Waals surface area contributed by atoms with E-state index < -0.39 is 0 Å². The van der Waals surface area contributed by atoms with Crippen molar-refractivity contribution in [3.63, 3.8) is 0 Å². The highest BCUT2D eigenvalue weighted by molar-refractivity contribution is 5.62. The van der Waals surface area contributed by atoms with Crippen molar-refractivity contribution in [1.29, 1.82) is 0 Å². The van der Waals surface area contributed by atoms with Gasteiger partial charge < -0.3 is 9.59 Å². The van der Waals surface area contributed by atoms with Crippen molar-refractivity contribution >= 4 is 12.6 Å². The SMILES string of the molecule is CCC(C)=CCCC(C)=CC(C)C(C=O)CC=O. The van der Waals surface area contributed by atoms with Crippen LogP contribution in [0.5, 0.6) is 0 Å². The fraction of sp³-hybridized carbons (Fsp3) is 0.625. The van der Waals surface area contributed by atoms with Crippen LogP contribution in [0.4, 0.5) is 0 Å². The molecule has 0 saturated heterocycles. The lowest BCUT2D eigenvalue weighted by atomic mass is 9.90. The molecule has 0 aliphatic rings. The van der Waals surface area contributed by atoms with Gasteiger partial charge in [0, 0.05) is 12.3 Å². The predicted molar refractivity (Wildman–Crippen MR) is 76.4 cm³/mol. The number of carbonyl (C=O) groups excluding carboxylic acids is 2. The molecule has 0 heterocycles. The zero-order valence-corrected chi connectivity index (χ0v) is 12.1. The normalized spacial score (nSPS) is 16.2. The molecule has 0 amide bonds. The van der Waals surface area contributed by atoms with E-state index in [-0.39, 0.29) is 11.8 Å². The van der Waals surface area contributed by atoms with Gasteiger partial charge in [0.25, 0.3) is 0 Å². The maximum atomic E-state index is 10.9. The Morgan fingerprint density at radius 1 is 1.17 bits per heavy atom. The third-order valence-electron chi connectivity index (χ3n) is 3.36. The van der Waals surface area contributed by atoms with Crippen LogP contribution in [0.2, 0.25) is 0 Å². The lowest BCUT2D eigenvalue weighted by Crippen LogP contribution is -2.12. The van der Waals surface area contributed by atoms with Crippen molar-refractivity contribution in [3.8, 4) is 0 Å². The lowest BCUT2D eigenvalue weighted by molar-refractivity contribution is -0.116. The minimum Gasteiger partial charge on any atom is -0.303 e. The molecule has 2 unspecified atom stereocenters. The highest BCUT2D eigenvalue weighted by atomic mass is 16.1. The first-order valence-electron chi connectivity index (χ1n) is 6.77. The van der Waals surface area contributed by atoms with Crippen LogP contribution < -0.4 is 0 Å². The van der Waals surface area contributed by atoms with Crippen molar-refractivity contribution in [1.82, 2.24) is 0 Å². The second kappa shape index (κ2) is 9.81. The van der Waals surface area contributed by atoms with Gasteiger partial charge >= 0.3 is 0 Å². The molecule has 2 heteroatoms. The Labute approximate surface area is 111 Å². The summed E-state index contributed by atoms with van der Waals surface area (Å²) in [5.74, 6) is -0.0330. The molecular weight excluding hydrogens is 224 g/mol. The molecule has 0 bridgehead atoms. The Morgan fingerprint density at radius 2 is 1.83 bits per heavy atom. The molecule has 0 saturated carbocycles. The number of aldehydes is 2. The minimum atomic E-state index is -0.176. The van der Waals surface area contributed by atoms with Gasteiger partial charge in [-0.15, -0.1) is 0 Å². The summed E-state index contributed by atoms with van der Waals surface area (Å²) in [6, 6.07) is 0. The van der Waals surface area contributed by atoms with E-state index in [2.05, 4.69) is 32.9 Å². The Bertz CT molecular complexity index is 313. The first-order valence-corrected chi connectivity index (χ1v) is 6.77. The molecule has 0 aliphatic heterocycles. The first kappa shape index (κ1) is 16.8. The first-order chi connectivity index (χ1) is 8.54. The van der Waals surface area contributed by atoms with Crippen LogP contribution >= 0.6 is 0 Å². The Morgan fingerprint density at radius 3 is 2.33 bits per heavy atom. The monoisotopic (exact) mass is 250 g/mol. The smallest absolute Gasteiger partial charge is 0.124 e. The van der Waals surface area contributed by atoms with Gasteiger partial charge in [0.15, 0.2) is 0 Å². The zero-order valence-electron chi connectivity index (χ0n) is 12.1. The standard InChI is InChI=1S/C16H26O2/c1-5-13(2)7-6-8-14(3)11-15(4)16(12-18)9-10-17/h7,10-12,15-16H,5-6,8-9H2,1-4H3. The van der Waals surface area contributed by atoms with E-state index in [0.717, 1.165) is 31.8 Å². The van der Waals surface area contributed by atoms with Crippen LogP contribution in [0.15, 0.2) is 23.3 Å². The number of hydrogen-bond acceptors (Lipinski definition) is 2. The summed E-state index contributed by atoms with van der Waals surface area (Å²) < 4.78 is 0. The van der Waals surface area contributed by atoms with Gasteiger partial charge in [-0.25, -0.2) is 0 Å². The van der Waals surface area contributed by atoms with Gasteiger partial charge in [-0.1, -0.05) is 37.1 Å². The molecule has 2 nitrogen and oxygen atoms in total. The second-order valence-electron chi connectivity index (χ2n) is 5.02. The third kappa shape index (κ3) is 7.21. The second-order valence-corrected chi connectivity index (χ2v) is 5.02. The van der Waals surface area contributed by atoms with E-state index in [9.17, 15) is 9.59 Å². The van der Waals surface area contributed by atoms with Crippen LogP contribution in [0.3, 0.4) is 0 Å². The van der Waals surface area contributed by atoms with Crippen molar-refractivity contribution < 1.29 is 9.59 Å². The average Bonchev–Trinajstić information content (AvgIpc) is 2.35. The van der Waals surface area contributed by atoms with Gasteiger partial charge in [0.1, 0.15) is 12.6 Å². The van der Waals surface area contributed by atoms with E-state index in [0.29, 0.717) is 6.42 Å². The molecule has 0 aliphatic carbocycles. The summed E-state index contributed by atoms with van der Waals surface area (Å²) in [4.78, 5) is 21.3. The molecule has 2 atom stereocenters. The molecule has 0 fully saturated rings. The van der Waals surface area contributed by atoms with Crippen LogP contribution in [-0.4, -0.2) is 12.6 Å². The highest BCUT2D eigenvalue weighted by Gasteiger charge is 2.13. The van der Waals surface area contributed by atoms with Gasteiger partial charge in [0.05, 0.1) is 0 Å². The fourth-order valence-electron chi connectivity index (χ4n) is 1.85. The van der Waals surface area contributed by atoms with Crippen LogP contribution in [-0.2, 0) is 9.59 Å². The van der Waals surface area contributed by atoms with Crippen molar-refractivity contribution in [2.45, 2.75) is 53.4 Å². The minimum absolute atomic E-state index is 0.143. The maximum Gasteiger partial charge on any atom is 0.124 e. The van der Waals surface area contributed by atoms with Crippen LogP contribution in [0.25, 0.3) is 0 Å². The number of carbonyl (C=O) groups is 2. The molecule has 0 aromatic carbocycles. The van der Waals surface area contributed by atoms with Crippen LogP contribution in [0.1, 0.15) is 53.4 Å². The maximum absolute atomic E-state index is 10.9. The van der Waals surface area contributed by atoms with Crippen molar-refractivity contribution in [2.75, 3.05) is 0 Å². The van der Waals surface area contributed by atoms with E-state index in [1.807, 2.05) is 6.92 Å². The molecule has 0 spiro atoms. The van der Waals surface area contributed by atoms with Gasteiger partial charge in [-0.05, 0) is 39.0 Å². The highest BCUT2D eigenvalue weighted by Crippen LogP contribution is 2.18. The average molecular weight is 250 g/mol. The zero-order chi connectivity index (χ0) is 14.0. The van der Waals surface area contributed by atoms with Crippen LogP contribution in [0, 0.1) is 11.8 Å². The van der Waals surface area contributed by atoms with Crippen molar-refractivity contribution in [3.05, 3.63) is 23.3 Å². The summed E-state index contributed by atoms with van der Waals surface area (Å²) in [5, 5.41) is 0. The largest absolute Gasteiger partial charge is 0.303 e.